The van der Waals surface area contributed by atoms with Gasteiger partial charge in [-0.2, -0.15) is 0 Å². The first-order valence-corrected chi connectivity index (χ1v) is 9.38. The van der Waals surface area contributed by atoms with E-state index >= 15 is 0 Å². The molecular weight excluding hydrogens is 318 g/mol. The second-order valence-corrected chi connectivity index (χ2v) is 7.45. The lowest BCUT2D eigenvalue weighted by Crippen LogP contribution is -2.06. The number of benzene rings is 1. The molecule has 0 spiro atoms. The van der Waals surface area contributed by atoms with Crippen molar-refractivity contribution in [3.05, 3.63) is 53.9 Å². The van der Waals surface area contributed by atoms with Gasteiger partial charge in [0.1, 0.15) is 5.82 Å². The highest BCUT2D eigenvalue weighted by Crippen LogP contribution is 2.40. The van der Waals surface area contributed by atoms with Gasteiger partial charge < -0.3 is 4.57 Å². The minimum atomic E-state index is 0.122. The molecule has 1 saturated carbocycles. The van der Waals surface area contributed by atoms with Crippen molar-refractivity contribution < 1.29 is 4.79 Å². The first-order valence-electron chi connectivity index (χ1n) is 8.40. The summed E-state index contributed by atoms with van der Waals surface area (Å²) in [4.78, 5) is 12.4. The first-order chi connectivity index (χ1) is 11.6. The molecule has 2 aromatic rings. The number of ketones is 1. The first kappa shape index (κ1) is 17.0. The van der Waals surface area contributed by atoms with E-state index in [1.54, 1.807) is 0 Å². The molecule has 3 rings (SSSR count). The van der Waals surface area contributed by atoms with Crippen LogP contribution in [0.5, 0.6) is 0 Å². The third-order valence-corrected chi connectivity index (χ3v) is 5.20. The van der Waals surface area contributed by atoms with E-state index in [-0.39, 0.29) is 5.78 Å². The van der Waals surface area contributed by atoms with Gasteiger partial charge >= 0.3 is 0 Å². The van der Waals surface area contributed by atoms with Crippen molar-refractivity contribution >= 4 is 17.5 Å². The number of allylic oxidation sites excluding steroid dienone is 1. The second-order valence-electron chi connectivity index (χ2n) is 6.50. The maximum absolute atomic E-state index is 12.4. The highest BCUT2D eigenvalue weighted by atomic mass is 32.2. The molecule has 0 radical (unpaired) electrons. The Morgan fingerprint density at radius 2 is 2.04 bits per heavy atom. The van der Waals surface area contributed by atoms with Crippen molar-refractivity contribution in [1.82, 2.24) is 14.8 Å². The number of thioether (sulfide) groups is 1. The molecule has 1 aliphatic carbocycles. The Bertz CT molecular complexity index is 730. The lowest BCUT2D eigenvalue weighted by molar-refractivity contribution is 0.102. The van der Waals surface area contributed by atoms with Gasteiger partial charge in [0.2, 0.25) is 0 Å². The van der Waals surface area contributed by atoms with Gasteiger partial charge in [-0.3, -0.25) is 4.79 Å². The molecule has 1 fully saturated rings. The number of Topliss-reactive ketones (excluding diaryl/α,β-unsaturated/α-hetero) is 1. The van der Waals surface area contributed by atoms with Gasteiger partial charge in [0.15, 0.2) is 10.9 Å². The van der Waals surface area contributed by atoms with Crippen LogP contribution in [0.15, 0.2) is 42.1 Å². The number of carbonyl (C=O) groups excluding carboxylic acids is 1. The molecular formula is C19H23N3OS. The van der Waals surface area contributed by atoms with Crippen LogP contribution in [0.4, 0.5) is 0 Å². The van der Waals surface area contributed by atoms with E-state index in [1.165, 1.54) is 30.2 Å². The summed E-state index contributed by atoms with van der Waals surface area (Å²) in [7, 11) is 0. The van der Waals surface area contributed by atoms with Gasteiger partial charge in [0, 0.05) is 18.0 Å². The minimum absolute atomic E-state index is 0.122. The van der Waals surface area contributed by atoms with Gasteiger partial charge in [-0.1, -0.05) is 56.0 Å². The smallest absolute Gasteiger partial charge is 0.191 e. The minimum Gasteiger partial charge on any atom is -0.302 e. The van der Waals surface area contributed by atoms with Crippen LogP contribution >= 0.6 is 11.8 Å². The van der Waals surface area contributed by atoms with E-state index in [0.717, 1.165) is 16.5 Å². The summed E-state index contributed by atoms with van der Waals surface area (Å²) in [6, 6.07) is 7.91. The Labute approximate surface area is 147 Å². The predicted molar refractivity (Wildman–Crippen MR) is 97.8 cm³/mol. The van der Waals surface area contributed by atoms with Crippen LogP contribution in [0.25, 0.3) is 0 Å². The average Bonchev–Trinajstić information content (AvgIpc) is 3.35. The standard InChI is InChI=1S/C19H23N3OS/c1-4-11-22-18(16-9-10-16)20-21-19(22)24-12-17(23)15-7-5-14(6-8-15)13(2)3/h4-8,13,16H,1,9-12H2,2-3H3. The fourth-order valence-electron chi connectivity index (χ4n) is 2.62. The molecule has 126 valence electrons. The zero-order valence-corrected chi connectivity index (χ0v) is 15.1. The van der Waals surface area contributed by atoms with Gasteiger partial charge in [0.25, 0.3) is 0 Å². The third-order valence-electron chi connectivity index (χ3n) is 4.23. The lowest BCUT2D eigenvalue weighted by Gasteiger charge is -2.08. The molecule has 0 saturated heterocycles. The molecule has 0 amide bonds. The molecule has 5 heteroatoms. The quantitative estimate of drug-likeness (QED) is 0.404. The van der Waals surface area contributed by atoms with Crippen LogP contribution in [0.2, 0.25) is 0 Å². The molecule has 1 aliphatic rings. The maximum Gasteiger partial charge on any atom is 0.191 e. The van der Waals surface area contributed by atoms with Crippen LogP contribution < -0.4 is 0 Å². The van der Waals surface area contributed by atoms with Crippen molar-refractivity contribution in [2.24, 2.45) is 0 Å². The number of carbonyl (C=O) groups is 1. The van der Waals surface area contributed by atoms with Crippen molar-refractivity contribution in [2.75, 3.05) is 5.75 Å². The third kappa shape index (κ3) is 3.78. The summed E-state index contributed by atoms with van der Waals surface area (Å²) < 4.78 is 2.09. The molecule has 4 nitrogen and oxygen atoms in total. The zero-order valence-electron chi connectivity index (χ0n) is 14.2. The van der Waals surface area contributed by atoms with Crippen LogP contribution in [0.1, 0.15) is 60.3 Å². The fraction of sp³-hybridized carbons (Fsp3) is 0.421. The van der Waals surface area contributed by atoms with Crippen molar-refractivity contribution in [3.8, 4) is 0 Å². The largest absolute Gasteiger partial charge is 0.302 e. The van der Waals surface area contributed by atoms with E-state index in [2.05, 4.69) is 35.2 Å². The van der Waals surface area contributed by atoms with Crippen molar-refractivity contribution in [3.63, 3.8) is 0 Å². The fourth-order valence-corrected chi connectivity index (χ4v) is 3.47. The highest BCUT2D eigenvalue weighted by molar-refractivity contribution is 7.99. The topological polar surface area (TPSA) is 47.8 Å². The monoisotopic (exact) mass is 341 g/mol. The molecule has 1 heterocycles. The van der Waals surface area contributed by atoms with Gasteiger partial charge in [-0.15, -0.1) is 16.8 Å². The average molecular weight is 341 g/mol. The van der Waals surface area contributed by atoms with E-state index in [9.17, 15) is 4.79 Å². The summed E-state index contributed by atoms with van der Waals surface area (Å²) >= 11 is 1.46. The number of hydrogen-bond acceptors (Lipinski definition) is 4. The molecule has 0 unspecified atom stereocenters. The van der Waals surface area contributed by atoms with Crippen LogP contribution in [0.3, 0.4) is 0 Å². The summed E-state index contributed by atoms with van der Waals surface area (Å²) in [5, 5.41) is 9.40. The Kier molecular flexibility index (Phi) is 5.19. The van der Waals surface area contributed by atoms with Crippen molar-refractivity contribution in [1.29, 1.82) is 0 Å². The lowest BCUT2D eigenvalue weighted by atomic mass is 10.0. The molecule has 0 aliphatic heterocycles. The van der Waals surface area contributed by atoms with Crippen LogP contribution in [-0.4, -0.2) is 26.3 Å². The Balaban J connectivity index is 1.66. The Hall–Kier alpha value is -1.88. The molecule has 0 atom stereocenters. The number of aromatic nitrogens is 3. The number of rotatable bonds is 8. The van der Waals surface area contributed by atoms with Crippen molar-refractivity contribution in [2.45, 2.75) is 50.2 Å². The second kappa shape index (κ2) is 7.34. The van der Waals surface area contributed by atoms with E-state index in [1.807, 2.05) is 30.3 Å². The summed E-state index contributed by atoms with van der Waals surface area (Å²) in [5.41, 5.74) is 2.00. The summed E-state index contributed by atoms with van der Waals surface area (Å²) in [5.74, 6) is 2.54. The zero-order chi connectivity index (χ0) is 17.1. The predicted octanol–water partition coefficient (Wildman–Crippen LogP) is 4.44. The van der Waals surface area contributed by atoms with E-state index in [0.29, 0.717) is 24.1 Å². The van der Waals surface area contributed by atoms with E-state index < -0.39 is 0 Å². The van der Waals surface area contributed by atoms with E-state index in [4.69, 9.17) is 0 Å². The van der Waals surface area contributed by atoms with Crippen LogP contribution in [0, 0.1) is 0 Å². The summed E-state index contributed by atoms with van der Waals surface area (Å²) in [6.45, 7) is 8.80. The molecule has 24 heavy (non-hydrogen) atoms. The Morgan fingerprint density at radius 1 is 1.33 bits per heavy atom. The van der Waals surface area contributed by atoms with Gasteiger partial charge in [0.05, 0.1) is 5.75 Å². The molecule has 0 bridgehead atoms. The van der Waals surface area contributed by atoms with Gasteiger partial charge in [-0.25, -0.2) is 0 Å². The van der Waals surface area contributed by atoms with Gasteiger partial charge in [-0.05, 0) is 24.3 Å². The molecule has 1 aromatic heterocycles. The maximum atomic E-state index is 12.4. The summed E-state index contributed by atoms with van der Waals surface area (Å²) in [6.07, 6.45) is 4.22. The molecule has 1 aromatic carbocycles. The Morgan fingerprint density at radius 3 is 2.62 bits per heavy atom. The molecule has 0 N–H and O–H groups in total. The van der Waals surface area contributed by atoms with Crippen LogP contribution in [-0.2, 0) is 6.54 Å². The number of hydrogen-bond donors (Lipinski definition) is 0. The number of nitrogens with zero attached hydrogens (tertiary/aromatic N) is 3. The normalized spacial score (nSPS) is 14.1. The highest BCUT2D eigenvalue weighted by Gasteiger charge is 2.30. The SMILES string of the molecule is C=CCn1c(SCC(=O)c2ccc(C(C)C)cc2)nnc1C1CC1.